The molecule has 1 aromatic carbocycles. The Balaban J connectivity index is 2.11. The van der Waals surface area contributed by atoms with Crippen molar-refractivity contribution >= 4 is 28.5 Å². The van der Waals surface area contributed by atoms with Crippen LogP contribution in [0, 0.1) is 11.3 Å². The van der Waals surface area contributed by atoms with E-state index in [4.69, 9.17) is 16.9 Å². The smallest absolute Gasteiger partial charge is 0.220 e. The maximum absolute atomic E-state index is 11.3. The molecule has 1 N–H and O–H groups in total. The average molecular weight is 289 g/mol. The molecule has 5 nitrogen and oxygen atoms in total. The predicted octanol–water partition coefficient (Wildman–Crippen LogP) is 2.10. The highest BCUT2D eigenvalue weighted by Gasteiger charge is 2.23. The first-order valence-electron chi connectivity index (χ1n) is 6.46. The lowest BCUT2D eigenvalue weighted by molar-refractivity contribution is -0.122. The summed E-state index contributed by atoms with van der Waals surface area (Å²) >= 11 is 5.99. The second kappa shape index (κ2) is 5.14. The van der Waals surface area contributed by atoms with E-state index in [-0.39, 0.29) is 11.9 Å². The molecule has 1 aliphatic rings. The number of alkyl halides is 1. The highest BCUT2D eigenvalue weighted by molar-refractivity contribution is 6.16. The van der Waals surface area contributed by atoms with Crippen molar-refractivity contribution in [3.63, 3.8) is 0 Å². The molecule has 2 heterocycles. The molecular weight excluding hydrogens is 276 g/mol. The number of benzene rings is 1. The van der Waals surface area contributed by atoms with E-state index < -0.39 is 0 Å². The van der Waals surface area contributed by atoms with Gasteiger partial charge in [-0.15, -0.1) is 11.6 Å². The number of nitrogens with zero attached hydrogens (tertiary/aromatic N) is 3. The number of nitrogens with one attached hydrogen (secondary N) is 1. The lowest BCUT2D eigenvalue weighted by Gasteiger charge is -2.25. The third-order valence-electron chi connectivity index (χ3n) is 3.62. The van der Waals surface area contributed by atoms with E-state index in [0.717, 1.165) is 23.3 Å². The molecular formula is C14H13ClN4O. The molecule has 0 radical (unpaired) electrons. The number of hydrogen-bond donors (Lipinski definition) is 1. The Morgan fingerprint density at radius 2 is 2.40 bits per heavy atom. The Morgan fingerprint density at radius 1 is 1.55 bits per heavy atom. The normalized spacial score (nSPS) is 18.8. The summed E-state index contributed by atoms with van der Waals surface area (Å²) in [7, 11) is 0. The van der Waals surface area contributed by atoms with Gasteiger partial charge in [0.15, 0.2) is 0 Å². The number of piperidine rings is 1. The van der Waals surface area contributed by atoms with Crippen molar-refractivity contribution in [3.05, 3.63) is 29.6 Å². The molecule has 3 rings (SSSR count). The number of halogens is 1. The van der Waals surface area contributed by atoms with Crippen molar-refractivity contribution in [2.45, 2.75) is 24.8 Å². The summed E-state index contributed by atoms with van der Waals surface area (Å²) in [5.74, 6) is 1.16. The van der Waals surface area contributed by atoms with Crippen molar-refractivity contribution in [1.82, 2.24) is 14.9 Å². The molecule has 2 aromatic rings. The van der Waals surface area contributed by atoms with Gasteiger partial charge in [-0.3, -0.25) is 4.79 Å². The summed E-state index contributed by atoms with van der Waals surface area (Å²) in [6.07, 6.45) is 1.27. The third-order valence-corrected chi connectivity index (χ3v) is 3.85. The van der Waals surface area contributed by atoms with E-state index in [1.54, 1.807) is 6.07 Å². The van der Waals surface area contributed by atoms with Gasteiger partial charge in [-0.25, -0.2) is 4.98 Å². The lowest BCUT2D eigenvalue weighted by atomic mass is 10.1. The number of carbonyl (C=O) groups is 1. The number of nitriles is 1. The van der Waals surface area contributed by atoms with Gasteiger partial charge in [-0.2, -0.15) is 5.26 Å². The zero-order valence-electron chi connectivity index (χ0n) is 10.8. The van der Waals surface area contributed by atoms with Gasteiger partial charge in [-0.1, -0.05) is 0 Å². The molecule has 1 aliphatic heterocycles. The molecule has 20 heavy (non-hydrogen) atoms. The van der Waals surface area contributed by atoms with E-state index in [2.05, 4.69) is 20.9 Å². The van der Waals surface area contributed by atoms with Gasteiger partial charge in [0.1, 0.15) is 5.82 Å². The fraction of sp³-hybridized carbons (Fsp3) is 0.357. The first kappa shape index (κ1) is 12.9. The van der Waals surface area contributed by atoms with Crippen LogP contribution in [0.4, 0.5) is 0 Å². The number of aromatic nitrogens is 2. The van der Waals surface area contributed by atoms with Crippen molar-refractivity contribution in [2.75, 3.05) is 6.54 Å². The molecule has 0 bridgehead atoms. The molecule has 102 valence electrons. The molecule has 0 aliphatic carbocycles. The summed E-state index contributed by atoms with van der Waals surface area (Å²) in [5.41, 5.74) is 2.33. The maximum atomic E-state index is 11.3. The largest absolute Gasteiger partial charge is 0.354 e. The van der Waals surface area contributed by atoms with Crippen LogP contribution in [0.25, 0.3) is 11.0 Å². The highest BCUT2D eigenvalue weighted by Crippen LogP contribution is 2.27. The van der Waals surface area contributed by atoms with E-state index in [1.807, 2.05) is 12.1 Å². The Kier molecular flexibility index (Phi) is 3.33. The first-order chi connectivity index (χ1) is 9.72. The minimum atomic E-state index is 0.0795. The van der Waals surface area contributed by atoms with Gasteiger partial charge in [0.25, 0.3) is 0 Å². The summed E-state index contributed by atoms with van der Waals surface area (Å²) in [6.45, 7) is 0.574. The number of fused-ring (bicyclic) bond motifs is 1. The average Bonchev–Trinajstić information content (AvgIpc) is 2.85. The van der Waals surface area contributed by atoms with Crippen molar-refractivity contribution < 1.29 is 4.79 Å². The minimum Gasteiger partial charge on any atom is -0.354 e. The van der Waals surface area contributed by atoms with Gasteiger partial charge in [-0.05, 0) is 24.6 Å². The Bertz CT molecular complexity index is 706. The Morgan fingerprint density at radius 3 is 3.05 bits per heavy atom. The first-order valence-corrected chi connectivity index (χ1v) is 7.00. The Labute approximate surface area is 121 Å². The second-order valence-electron chi connectivity index (χ2n) is 4.84. The van der Waals surface area contributed by atoms with Crippen molar-refractivity contribution in [1.29, 1.82) is 5.26 Å². The zero-order valence-corrected chi connectivity index (χ0v) is 11.5. The summed E-state index contributed by atoms with van der Waals surface area (Å²) < 4.78 is 2.06. The quantitative estimate of drug-likeness (QED) is 0.860. The third kappa shape index (κ3) is 2.12. The fourth-order valence-corrected chi connectivity index (χ4v) is 2.84. The minimum absolute atomic E-state index is 0.0795. The fourth-order valence-electron chi connectivity index (χ4n) is 2.65. The van der Waals surface area contributed by atoms with Gasteiger partial charge < -0.3 is 9.88 Å². The standard InChI is InChI=1S/C14H13ClN4O/c15-6-13-18-11-3-1-9(7-16)5-12(11)19(13)10-2-4-14(20)17-8-10/h1,3,5,10H,2,4,6,8H2,(H,17,20). The molecule has 1 unspecified atom stereocenters. The highest BCUT2D eigenvalue weighted by atomic mass is 35.5. The summed E-state index contributed by atoms with van der Waals surface area (Å²) in [4.78, 5) is 15.8. The van der Waals surface area contributed by atoms with Crippen LogP contribution in [0.1, 0.15) is 30.3 Å². The monoisotopic (exact) mass is 288 g/mol. The molecule has 1 aromatic heterocycles. The van der Waals surface area contributed by atoms with Crippen LogP contribution in [0.15, 0.2) is 18.2 Å². The zero-order chi connectivity index (χ0) is 14.1. The van der Waals surface area contributed by atoms with Gasteiger partial charge in [0, 0.05) is 13.0 Å². The van der Waals surface area contributed by atoms with Crippen LogP contribution < -0.4 is 5.32 Å². The number of carbonyl (C=O) groups excluding carboxylic acids is 1. The van der Waals surface area contributed by atoms with Crippen LogP contribution in [0.2, 0.25) is 0 Å². The number of amides is 1. The van der Waals surface area contributed by atoms with Gasteiger partial charge >= 0.3 is 0 Å². The second-order valence-corrected chi connectivity index (χ2v) is 5.11. The van der Waals surface area contributed by atoms with E-state index in [0.29, 0.717) is 24.4 Å². The molecule has 1 amide bonds. The van der Waals surface area contributed by atoms with Crippen LogP contribution in [0.5, 0.6) is 0 Å². The van der Waals surface area contributed by atoms with Crippen LogP contribution >= 0.6 is 11.6 Å². The number of hydrogen-bond acceptors (Lipinski definition) is 3. The van der Waals surface area contributed by atoms with E-state index in [1.165, 1.54) is 0 Å². The molecule has 1 saturated heterocycles. The predicted molar refractivity (Wildman–Crippen MR) is 75.3 cm³/mol. The lowest BCUT2D eigenvalue weighted by Crippen LogP contribution is -2.36. The van der Waals surface area contributed by atoms with Crippen LogP contribution in [0.3, 0.4) is 0 Å². The molecule has 6 heteroatoms. The molecule has 1 fully saturated rings. The van der Waals surface area contributed by atoms with Gasteiger partial charge in [0.05, 0.1) is 34.6 Å². The van der Waals surface area contributed by atoms with E-state index >= 15 is 0 Å². The topological polar surface area (TPSA) is 70.7 Å². The molecule has 1 atom stereocenters. The van der Waals surface area contributed by atoms with Crippen LogP contribution in [-0.2, 0) is 10.7 Å². The molecule has 0 spiro atoms. The van der Waals surface area contributed by atoms with Crippen molar-refractivity contribution in [3.8, 4) is 6.07 Å². The number of imidazole rings is 1. The van der Waals surface area contributed by atoms with E-state index in [9.17, 15) is 4.79 Å². The Hall–Kier alpha value is -2.06. The number of rotatable bonds is 2. The summed E-state index contributed by atoms with van der Waals surface area (Å²) in [5, 5.41) is 11.9. The van der Waals surface area contributed by atoms with Gasteiger partial charge in [0.2, 0.25) is 5.91 Å². The summed E-state index contributed by atoms with van der Waals surface area (Å²) in [6, 6.07) is 7.69. The maximum Gasteiger partial charge on any atom is 0.220 e. The SMILES string of the molecule is N#Cc1ccc2nc(CCl)n(C3CCC(=O)NC3)c2c1. The van der Waals surface area contributed by atoms with Crippen LogP contribution in [-0.4, -0.2) is 22.0 Å². The van der Waals surface area contributed by atoms with Crippen molar-refractivity contribution in [2.24, 2.45) is 0 Å². The molecule has 0 saturated carbocycles.